The second-order valence-electron chi connectivity index (χ2n) is 7.13. The highest BCUT2D eigenvalue weighted by molar-refractivity contribution is 8.03. The minimum atomic E-state index is 0. The van der Waals surface area contributed by atoms with Gasteiger partial charge in [0.25, 0.3) is 0 Å². The van der Waals surface area contributed by atoms with E-state index in [-0.39, 0.29) is 24.0 Å². The van der Waals surface area contributed by atoms with Gasteiger partial charge in [-0.25, -0.2) is 0 Å². The fraction of sp³-hybridized carbons (Fsp3) is 0.240. The van der Waals surface area contributed by atoms with Gasteiger partial charge in [-0.05, 0) is 49.8 Å². The minimum absolute atomic E-state index is 0. The highest BCUT2D eigenvalue weighted by atomic mass is 127. The van der Waals surface area contributed by atoms with Gasteiger partial charge in [-0.3, -0.25) is 0 Å². The zero-order valence-electron chi connectivity index (χ0n) is 17.9. The molecule has 0 unspecified atom stereocenters. The molecule has 0 bridgehead atoms. The molecule has 0 fully saturated rings. The van der Waals surface area contributed by atoms with Gasteiger partial charge < -0.3 is 33.6 Å². The molecule has 0 saturated carbocycles. The van der Waals surface area contributed by atoms with Gasteiger partial charge in [0.15, 0.2) is 11.4 Å². The van der Waals surface area contributed by atoms with E-state index < -0.39 is 0 Å². The molecule has 3 aromatic rings. The minimum Gasteiger partial charge on any atom is -1.00 e. The molecule has 2 heterocycles. The van der Waals surface area contributed by atoms with Gasteiger partial charge >= 0.3 is 0 Å². The standard InChI is InChI=1S/C25H27N2OS.HI/c1-5-26-23-9-7-8-10-24(23)29-25(26)17-20-15-18(3)27(19(4)16-20)21-11-13-22(14-12-21)28-6-2;/h7-17H,5-6H2,1-4H3;1H/q+1;/p-1. The summed E-state index contributed by atoms with van der Waals surface area (Å²) in [5, 5.41) is 1.28. The van der Waals surface area contributed by atoms with Gasteiger partial charge in [0, 0.05) is 49.6 Å². The number of fused-ring (bicyclic) bond motifs is 1. The number of nitrogens with zero attached hydrogens (tertiary/aromatic N) is 2. The van der Waals surface area contributed by atoms with Gasteiger partial charge in [-0.2, -0.15) is 4.57 Å². The molecule has 5 heteroatoms. The molecular weight excluding hydrogens is 503 g/mol. The highest BCUT2D eigenvalue weighted by Gasteiger charge is 2.24. The van der Waals surface area contributed by atoms with E-state index in [0.29, 0.717) is 6.61 Å². The topological polar surface area (TPSA) is 16.4 Å². The molecule has 30 heavy (non-hydrogen) atoms. The van der Waals surface area contributed by atoms with Crippen LogP contribution in [0.2, 0.25) is 0 Å². The Kier molecular flexibility index (Phi) is 7.47. The number of benzene rings is 2. The molecule has 3 nitrogen and oxygen atoms in total. The number of pyridine rings is 1. The molecule has 2 aromatic carbocycles. The summed E-state index contributed by atoms with van der Waals surface area (Å²) in [5.74, 6) is 0.908. The number of hydrogen-bond acceptors (Lipinski definition) is 3. The van der Waals surface area contributed by atoms with Crippen LogP contribution in [-0.2, 0) is 0 Å². The third-order valence-corrected chi connectivity index (χ3v) is 6.22. The Hall–Kier alpha value is -1.99. The summed E-state index contributed by atoms with van der Waals surface area (Å²) in [6, 6.07) is 21.4. The van der Waals surface area contributed by atoms with Crippen molar-refractivity contribution in [1.29, 1.82) is 0 Å². The van der Waals surface area contributed by atoms with Crippen LogP contribution in [0.5, 0.6) is 5.75 Å². The molecule has 1 aliphatic heterocycles. The van der Waals surface area contributed by atoms with Gasteiger partial charge in [-0.1, -0.05) is 23.9 Å². The van der Waals surface area contributed by atoms with Crippen molar-refractivity contribution in [3.05, 3.63) is 82.6 Å². The van der Waals surface area contributed by atoms with E-state index in [9.17, 15) is 0 Å². The van der Waals surface area contributed by atoms with Crippen molar-refractivity contribution in [2.75, 3.05) is 18.1 Å². The molecular formula is C25H27IN2OS. The fourth-order valence-corrected chi connectivity index (χ4v) is 5.10. The van der Waals surface area contributed by atoms with Crippen molar-refractivity contribution < 1.29 is 33.3 Å². The molecule has 0 atom stereocenters. The smallest absolute Gasteiger partial charge is 0.211 e. The van der Waals surface area contributed by atoms with Crippen LogP contribution >= 0.6 is 11.8 Å². The number of aromatic nitrogens is 1. The Balaban J connectivity index is 0.00000256. The van der Waals surface area contributed by atoms with E-state index in [1.807, 2.05) is 30.8 Å². The molecule has 4 rings (SSSR count). The summed E-state index contributed by atoms with van der Waals surface area (Å²) in [4.78, 5) is 3.72. The summed E-state index contributed by atoms with van der Waals surface area (Å²) in [5.41, 5.74) is 6.12. The molecule has 1 aromatic heterocycles. The van der Waals surface area contributed by atoms with Crippen molar-refractivity contribution in [1.82, 2.24) is 0 Å². The maximum atomic E-state index is 5.57. The highest BCUT2D eigenvalue weighted by Crippen LogP contribution is 2.46. The number of anilines is 1. The van der Waals surface area contributed by atoms with E-state index in [1.165, 1.54) is 32.6 Å². The van der Waals surface area contributed by atoms with E-state index in [4.69, 9.17) is 4.74 Å². The van der Waals surface area contributed by atoms with Gasteiger partial charge in [0.2, 0.25) is 5.69 Å². The van der Waals surface area contributed by atoms with Gasteiger partial charge in [-0.15, -0.1) is 0 Å². The molecule has 0 saturated heterocycles. The molecule has 0 amide bonds. The maximum Gasteiger partial charge on any atom is 0.211 e. The summed E-state index contributed by atoms with van der Waals surface area (Å²) < 4.78 is 7.86. The van der Waals surface area contributed by atoms with Crippen molar-refractivity contribution in [3.8, 4) is 11.4 Å². The van der Waals surface area contributed by atoms with E-state index in [2.05, 4.69) is 84.8 Å². The number of rotatable bonds is 5. The number of hydrogen-bond donors (Lipinski definition) is 0. The number of ether oxygens (including phenoxy) is 1. The average Bonchev–Trinajstić information content (AvgIpc) is 3.06. The summed E-state index contributed by atoms with van der Waals surface area (Å²) in [6.45, 7) is 10.2. The van der Waals surface area contributed by atoms with Crippen LogP contribution in [0.3, 0.4) is 0 Å². The summed E-state index contributed by atoms with van der Waals surface area (Å²) in [6.07, 6.45) is 2.30. The van der Waals surface area contributed by atoms with Gasteiger partial charge in [0.05, 0.1) is 17.3 Å². The lowest BCUT2D eigenvalue weighted by Crippen LogP contribution is -3.00. The van der Waals surface area contributed by atoms with Gasteiger partial charge in [0.1, 0.15) is 5.75 Å². The van der Waals surface area contributed by atoms with Crippen LogP contribution in [0.1, 0.15) is 30.8 Å². The molecule has 0 radical (unpaired) electrons. The SMILES string of the molecule is CCOc1ccc(-[n+]2c(C)cc(/C=C3\Sc4ccccc4N3CC)cc2C)cc1.[I-]. The van der Waals surface area contributed by atoms with Crippen molar-refractivity contribution in [2.24, 2.45) is 0 Å². The lowest BCUT2D eigenvalue weighted by molar-refractivity contribution is -0.609. The van der Waals surface area contributed by atoms with Crippen LogP contribution in [0.15, 0.2) is 70.6 Å². The van der Waals surface area contributed by atoms with Crippen molar-refractivity contribution in [3.63, 3.8) is 0 Å². The predicted molar refractivity (Wildman–Crippen MR) is 122 cm³/mol. The maximum absolute atomic E-state index is 5.57. The van der Waals surface area contributed by atoms with Crippen LogP contribution in [0.4, 0.5) is 5.69 Å². The van der Waals surface area contributed by atoms with Crippen LogP contribution in [0, 0.1) is 13.8 Å². The summed E-state index contributed by atoms with van der Waals surface area (Å²) in [7, 11) is 0. The molecule has 156 valence electrons. The number of thioether (sulfide) groups is 1. The lowest BCUT2D eigenvalue weighted by atomic mass is 10.1. The molecule has 0 N–H and O–H groups in total. The van der Waals surface area contributed by atoms with E-state index in [1.54, 1.807) is 0 Å². The second kappa shape index (κ2) is 9.88. The Bertz CT molecular complexity index is 1040. The molecule has 0 aliphatic carbocycles. The molecule has 0 spiro atoms. The largest absolute Gasteiger partial charge is 1.00 e. The number of halogens is 1. The van der Waals surface area contributed by atoms with Crippen LogP contribution in [0.25, 0.3) is 11.8 Å². The normalized spacial score (nSPS) is 13.9. The van der Waals surface area contributed by atoms with E-state index >= 15 is 0 Å². The second-order valence-corrected chi connectivity index (χ2v) is 8.19. The zero-order chi connectivity index (χ0) is 20.4. The Morgan fingerprint density at radius 1 is 0.967 bits per heavy atom. The predicted octanol–water partition coefficient (Wildman–Crippen LogP) is 2.91. The summed E-state index contributed by atoms with van der Waals surface area (Å²) >= 11 is 1.85. The monoisotopic (exact) mass is 530 g/mol. The Morgan fingerprint density at radius 3 is 2.27 bits per heavy atom. The lowest BCUT2D eigenvalue weighted by Gasteiger charge is -2.18. The Labute approximate surface area is 200 Å². The van der Waals surface area contributed by atoms with Crippen molar-refractivity contribution >= 4 is 23.5 Å². The average molecular weight is 530 g/mol. The number of aryl methyl sites for hydroxylation is 2. The first-order valence-corrected chi connectivity index (χ1v) is 10.9. The van der Waals surface area contributed by atoms with Crippen LogP contribution in [-0.4, -0.2) is 13.2 Å². The third kappa shape index (κ3) is 4.52. The third-order valence-electron chi connectivity index (χ3n) is 5.11. The molecule has 1 aliphatic rings. The first kappa shape index (κ1) is 22.7. The zero-order valence-corrected chi connectivity index (χ0v) is 20.8. The van der Waals surface area contributed by atoms with E-state index in [0.717, 1.165) is 18.0 Å². The Morgan fingerprint density at radius 2 is 1.63 bits per heavy atom. The van der Waals surface area contributed by atoms with Crippen molar-refractivity contribution in [2.45, 2.75) is 32.6 Å². The fourth-order valence-electron chi connectivity index (χ4n) is 3.91. The first-order chi connectivity index (χ1) is 14.1. The quantitative estimate of drug-likeness (QED) is 0.373. The first-order valence-electron chi connectivity index (χ1n) is 10.1. The van der Waals surface area contributed by atoms with Crippen LogP contribution < -0.4 is 38.2 Å². The number of para-hydroxylation sites is 1.